The number of carboxylic acids is 2. The van der Waals surface area contributed by atoms with Gasteiger partial charge in [-0.2, -0.15) is 0 Å². The summed E-state index contributed by atoms with van der Waals surface area (Å²) >= 11 is 0. The van der Waals surface area contributed by atoms with Crippen molar-refractivity contribution in [2.24, 2.45) is 0 Å². The highest BCUT2D eigenvalue weighted by molar-refractivity contribution is 6.09. The fraction of sp³-hybridized carbons (Fsp3) is 0.185. The predicted molar refractivity (Wildman–Crippen MR) is 129 cm³/mol. The number of aryl methyl sites for hydroxylation is 1. The van der Waals surface area contributed by atoms with Gasteiger partial charge in [-0.1, -0.05) is 30.3 Å². The smallest absolute Gasteiger partial charge is 0.352 e. The largest absolute Gasteiger partial charge is 0.497 e. The summed E-state index contributed by atoms with van der Waals surface area (Å²) < 4.78 is 16.1. The minimum absolute atomic E-state index is 0.00870. The van der Waals surface area contributed by atoms with Crippen molar-refractivity contribution in [2.45, 2.75) is 18.8 Å². The second kappa shape index (κ2) is 9.06. The summed E-state index contributed by atoms with van der Waals surface area (Å²) in [4.78, 5) is 27.6. The van der Waals surface area contributed by atoms with Gasteiger partial charge in [0.2, 0.25) is 6.79 Å². The molecule has 0 fully saturated rings. The molecule has 35 heavy (non-hydrogen) atoms. The van der Waals surface area contributed by atoms with Gasteiger partial charge in [0.05, 0.1) is 13.0 Å². The molecular formula is C27H23NO7. The van der Waals surface area contributed by atoms with E-state index in [1.54, 1.807) is 43.5 Å². The first-order valence-electron chi connectivity index (χ1n) is 11.1. The number of aliphatic carboxylic acids is 1. The highest BCUT2D eigenvalue weighted by Gasteiger charge is 2.28. The lowest BCUT2D eigenvalue weighted by Gasteiger charge is -2.16. The van der Waals surface area contributed by atoms with Crippen LogP contribution in [0.3, 0.4) is 0 Å². The van der Waals surface area contributed by atoms with Crippen molar-refractivity contribution in [3.8, 4) is 28.4 Å². The van der Waals surface area contributed by atoms with Gasteiger partial charge in [-0.15, -0.1) is 0 Å². The molecule has 3 N–H and O–H groups in total. The molecule has 0 bridgehead atoms. The average molecular weight is 473 g/mol. The highest BCUT2D eigenvalue weighted by Crippen LogP contribution is 2.42. The van der Waals surface area contributed by atoms with Crippen molar-refractivity contribution >= 4 is 22.8 Å². The van der Waals surface area contributed by atoms with E-state index in [9.17, 15) is 19.8 Å². The molecule has 0 spiro atoms. The van der Waals surface area contributed by atoms with Crippen LogP contribution in [0.1, 0.15) is 34.0 Å². The van der Waals surface area contributed by atoms with Crippen LogP contribution in [0.4, 0.5) is 0 Å². The van der Waals surface area contributed by atoms with E-state index in [-0.39, 0.29) is 12.5 Å². The van der Waals surface area contributed by atoms with Gasteiger partial charge in [-0.25, -0.2) is 4.79 Å². The molecule has 0 saturated heterocycles. The monoisotopic (exact) mass is 473 g/mol. The molecule has 1 atom stereocenters. The van der Waals surface area contributed by atoms with Gasteiger partial charge >= 0.3 is 11.9 Å². The minimum Gasteiger partial charge on any atom is -0.497 e. The third-order valence-electron chi connectivity index (χ3n) is 6.29. The lowest BCUT2D eigenvalue weighted by molar-refractivity contribution is -0.138. The van der Waals surface area contributed by atoms with Gasteiger partial charge < -0.3 is 29.4 Å². The summed E-state index contributed by atoms with van der Waals surface area (Å²) in [5, 5.41) is 20.7. The van der Waals surface area contributed by atoms with Gasteiger partial charge in [0.25, 0.3) is 0 Å². The van der Waals surface area contributed by atoms with E-state index >= 15 is 0 Å². The zero-order chi connectivity index (χ0) is 24.5. The van der Waals surface area contributed by atoms with Crippen LogP contribution < -0.4 is 14.2 Å². The second-order valence-corrected chi connectivity index (χ2v) is 8.30. The van der Waals surface area contributed by atoms with Crippen molar-refractivity contribution in [3.63, 3.8) is 0 Å². The van der Waals surface area contributed by atoms with Gasteiger partial charge in [0, 0.05) is 16.5 Å². The van der Waals surface area contributed by atoms with Crippen molar-refractivity contribution in [1.82, 2.24) is 4.98 Å². The molecular weight excluding hydrogens is 450 g/mol. The topological polar surface area (TPSA) is 118 Å². The number of ether oxygens (including phenoxy) is 3. The average Bonchev–Trinajstić information content (AvgIpc) is 3.49. The molecule has 0 radical (unpaired) electrons. The van der Waals surface area contributed by atoms with E-state index in [2.05, 4.69) is 4.98 Å². The van der Waals surface area contributed by atoms with Gasteiger partial charge in [-0.05, 0) is 59.9 Å². The normalized spacial score (nSPS) is 13.1. The third kappa shape index (κ3) is 4.14. The molecule has 4 aromatic rings. The number of methoxy groups -OCH3 is 1. The number of fused-ring (bicyclic) bond motifs is 2. The SMILES string of the molecule is COc1ccc(CCC(C(=O)O)c2cccc3[nH]c(C(=O)O)c(-c4ccc5c(c4)OCO5)c23)cc1. The Morgan fingerprint density at radius 2 is 1.80 bits per heavy atom. The molecule has 1 aliphatic rings. The first-order chi connectivity index (χ1) is 17.0. The van der Waals surface area contributed by atoms with E-state index in [1.165, 1.54) is 0 Å². The standard InChI is InChI=1S/C27H23NO7/c1-33-17-9-5-15(6-10-17)7-11-19(26(29)30)18-3-2-4-20-24(18)23(25(28-20)27(31)32)16-8-12-21-22(13-16)35-14-34-21/h2-6,8-10,12-13,19,28H,7,11,14H2,1H3,(H,29,30)(H,31,32). The molecule has 0 amide bonds. The predicted octanol–water partition coefficient (Wildman–Crippen LogP) is 5.07. The summed E-state index contributed by atoms with van der Waals surface area (Å²) in [5.74, 6) is -1.12. The molecule has 1 aromatic heterocycles. The number of H-pyrrole nitrogens is 1. The molecule has 1 unspecified atom stereocenters. The number of carboxylic acid groups (broad SMARTS) is 2. The third-order valence-corrected chi connectivity index (χ3v) is 6.29. The molecule has 178 valence electrons. The number of benzene rings is 3. The fourth-order valence-electron chi connectivity index (χ4n) is 4.58. The Morgan fingerprint density at radius 1 is 1.03 bits per heavy atom. The summed E-state index contributed by atoms with van der Waals surface area (Å²) in [6.07, 6.45) is 0.877. The Hall–Kier alpha value is -4.46. The number of nitrogens with one attached hydrogen (secondary N) is 1. The molecule has 0 aliphatic carbocycles. The number of hydrogen-bond donors (Lipinski definition) is 3. The van der Waals surface area contributed by atoms with Crippen LogP contribution in [0.5, 0.6) is 17.2 Å². The van der Waals surface area contributed by atoms with E-state index in [0.29, 0.717) is 51.9 Å². The Balaban J connectivity index is 1.61. The summed E-state index contributed by atoms with van der Waals surface area (Å²) in [7, 11) is 1.59. The molecule has 1 aliphatic heterocycles. The molecule has 0 saturated carbocycles. The molecule has 2 heterocycles. The lowest BCUT2D eigenvalue weighted by Crippen LogP contribution is -2.13. The number of aromatic nitrogens is 1. The molecule has 8 nitrogen and oxygen atoms in total. The number of aromatic carboxylic acids is 1. The van der Waals surface area contributed by atoms with Crippen LogP contribution in [-0.2, 0) is 11.2 Å². The van der Waals surface area contributed by atoms with Crippen LogP contribution in [0, 0.1) is 0 Å². The number of rotatable bonds is 8. The number of aromatic amines is 1. The Morgan fingerprint density at radius 3 is 2.51 bits per heavy atom. The molecule has 3 aromatic carbocycles. The lowest BCUT2D eigenvalue weighted by atomic mass is 9.87. The van der Waals surface area contributed by atoms with Gasteiger partial charge in [0.15, 0.2) is 11.5 Å². The van der Waals surface area contributed by atoms with E-state index in [4.69, 9.17) is 14.2 Å². The van der Waals surface area contributed by atoms with Crippen LogP contribution in [-0.4, -0.2) is 41.0 Å². The van der Waals surface area contributed by atoms with E-state index in [0.717, 1.165) is 11.3 Å². The van der Waals surface area contributed by atoms with Crippen molar-refractivity contribution in [1.29, 1.82) is 0 Å². The summed E-state index contributed by atoms with van der Waals surface area (Å²) in [6, 6.07) is 18.0. The number of hydrogen-bond acceptors (Lipinski definition) is 5. The quantitative estimate of drug-likeness (QED) is 0.327. The highest BCUT2D eigenvalue weighted by atomic mass is 16.7. The molecule has 5 rings (SSSR count). The van der Waals surface area contributed by atoms with Crippen LogP contribution in [0.25, 0.3) is 22.0 Å². The Labute approximate surface area is 200 Å². The van der Waals surface area contributed by atoms with Crippen molar-refractivity contribution in [2.75, 3.05) is 13.9 Å². The summed E-state index contributed by atoms with van der Waals surface area (Å²) in [6.45, 7) is 0.0934. The maximum absolute atomic E-state index is 12.4. The summed E-state index contributed by atoms with van der Waals surface area (Å²) in [5.41, 5.74) is 3.12. The van der Waals surface area contributed by atoms with Crippen molar-refractivity contribution in [3.05, 3.63) is 77.5 Å². The zero-order valence-electron chi connectivity index (χ0n) is 18.9. The fourth-order valence-corrected chi connectivity index (χ4v) is 4.58. The first-order valence-corrected chi connectivity index (χ1v) is 11.1. The Kier molecular flexibility index (Phi) is 5.78. The van der Waals surface area contributed by atoms with Crippen LogP contribution in [0.2, 0.25) is 0 Å². The van der Waals surface area contributed by atoms with Gasteiger partial charge in [0.1, 0.15) is 11.4 Å². The maximum Gasteiger partial charge on any atom is 0.352 e. The maximum atomic E-state index is 12.4. The van der Waals surface area contributed by atoms with E-state index in [1.807, 2.05) is 24.3 Å². The van der Waals surface area contributed by atoms with Crippen LogP contribution >= 0.6 is 0 Å². The first kappa shape index (κ1) is 22.3. The van der Waals surface area contributed by atoms with Crippen molar-refractivity contribution < 1.29 is 34.0 Å². The van der Waals surface area contributed by atoms with Gasteiger partial charge in [-0.3, -0.25) is 4.79 Å². The molecule has 8 heteroatoms. The minimum atomic E-state index is -1.13. The number of carbonyl (C=O) groups is 2. The van der Waals surface area contributed by atoms with Crippen LogP contribution in [0.15, 0.2) is 60.7 Å². The second-order valence-electron chi connectivity index (χ2n) is 8.30. The Bertz CT molecular complexity index is 1420. The van der Waals surface area contributed by atoms with E-state index < -0.39 is 17.9 Å². The zero-order valence-corrected chi connectivity index (χ0v) is 18.9.